The van der Waals surface area contributed by atoms with Crippen molar-refractivity contribution in [3.63, 3.8) is 0 Å². The van der Waals surface area contributed by atoms with E-state index < -0.39 is 0 Å². The van der Waals surface area contributed by atoms with Gasteiger partial charge in [0.1, 0.15) is 22.5 Å². The highest BCUT2D eigenvalue weighted by atomic mass is 32.1. The topological polar surface area (TPSA) is 72.4 Å². The average Bonchev–Trinajstić information content (AvgIpc) is 3.04. The van der Waals surface area contributed by atoms with Crippen LogP contribution in [0.5, 0.6) is 5.75 Å². The molecule has 0 saturated heterocycles. The van der Waals surface area contributed by atoms with Crippen molar-refractivity contribution >= 4 is 16.3 Å². The molecule has 3 rings (SSSR count). The molecule has 22 heavy (non-hydrogen) atoms. The maximum atomic E-state index is 9.52. The Bertz CT molecular complexity index is 876. The lowest BCUT2D eigenvalue weighted by molar-refractivity contribution is 0.183. The van der Waals surface area contributed by atoms with Crippen molar-refractivity contribution in [2.75, 3.05) is 14.2 Å². The maximum absolute atomic E-state index is 9.52. The predicted octanol–water partition coefficient (Wildman–Crippen LogP) is 2.79. The highest BCUT2D eigenvalue weighted by molar-refractivity contribution is 7.16. The van der Waals surface area contributed by atoms with Gasteiger partial charge in [-0.2, -0.15) is 14.9 Å². The molecule has 6 nitrogen and oxygen atoms in total. The molecule has 2 heterocycles. The fourth-order valence-electron chi connectivity index (χ4n) is 2.26. The highest BCUT2D eigenvalue weighted by Crippen LogP contribution is 2.33. The Labute approximate surface area is 131 Å². The maximum Gasteiger partial charge on any atom is 0.214 e. The first-order chi connectivity index (χ1) is 10.7. The van der Waals surface area contributed by atoms with Crippen LogP contribution in [0.4, 0.5) is 0 Å². The number of fused-ring (bicyclic) bond motifs is 1. The smallest absolute Gasteiger partial charge is 0.214 e. The van der Waals surface area contributed by atoms with Gasteiger partial charge in [-0.25, -0.2) is 4.98 Å². The summed E-state index contributed by atoms with van der Waals surface area (Å²) in [6.45, 7) is 2.39. The molecule has 0 radical (unpaired) electrons. The molecule has 112 valence electrons. The summed E-state index contributed by atoms with van der Waals surface area (Å²) < 4.78 is 12.0. The molecule has 0 aliphatic rings. The van der Waals surface area contributed by atoms with Crippen LogP contribution in [-0.4, -0.2) is 28.8 Å². The summed E-state index contributed by atoms with van der Waals surface area (Å²) in [5.74, 6) is 0.685. The minimum Gasteiger partial charge on any atom is -0.496 e. The first-order valence-corrected chi connectivity index (χ1v) is 7.42. The van der Waals surface area contributed by atoms with E-state index >= 15 is 0 Å². The number of aryl methyl sites for hydroxylation is 1. The van der Waals surface area contributed by atoms with Crippen LogP contribution < -0.4 is 4.74 Å². The molecule has 3 aromatic rings. The zero-order chi connectivity index (χ0) is 15.7. The third-order valence-corrected chi connectivity index (χ3v) is 4.11. The first kappa shape index (κ1) is 14.5. The summed E-state index contributed by atoms with van der Waals surface area (Å²) in [4.78, 5) is 5.24. The Morgan fingerprint density at radius 2 is 2.18 bits per heavy atom. The van der Waals surface area contributed by atoms with Gasteiger partial charge >= 0.3 is 0 Å². The van der Waals surface area contributed by atoms with E-state index in [4.69, 9.17) is 9.47 Å². The predicted molar refractivity (Wildman–Crippen MR) is 83.0 cm³/mol. The van der Waals surface area contributed by atoms with Crippen LogP contribution in [0.15, 0.2) is 18.2 Å². The van der Waals surface area contributed by atoms with Gasteiger partial charge in [-0.3, -0.25) is 0 Å². The van der Waals surface area contributed by atoms with Crippen LogP contribution in [0.1, 0.15) is 16.3 Å². The standard InChI is InChI=1S/C15H14N4O2S/c1-9-4-5-12(21-3)10(6-9)14-11(7-16)19-15(17-14)22-13(18-19)8-20-2/h4-6H,8H2,1-3H3. The summed E-state index contributed by atoms with van der Waals surface area (Å²) in [7, 11) is 3.21. The lowest BCUT2D eigenvalue weighted by Gasteiger charge is -2.07. The van der Waals surface area contributed by atoms with Crippen LogP contribution in [0.25, 0.3) is 16.2 Å². The van der Waals surface area contributed by atoms with E-state index in [0.29, 0.717) is 28.7 Å². The van der Waals surface area contributed by atoms with E-state index in [-0.39, 0.29) is 0 Å². The molecule has 7 heteroatoms. The largest absolute Gasteiger partial charge is 0.496 e. The monoisotopic (exact) mass is 314 g/mol. The Morgan fingerprint density at radius 3 is 2.86 bits per heavy atom. The van der Waals surface area contributed by atoms with Crippen LogP contribution in [0, 0.1) is 18.3 Å². The quantitative estimate of drug-likeness (QED) is 0.740. The molecular weight excluding hydrogens is 300 g/mol. The molecule has 2 aromatic heterocycles. The van der Waals surface area contributed by atoms with E-state index in [1.54, 1.807) is 18.7 Å². The molecule has 0 aliphatic heterocycles. The summed E-state index contributed by atoms with van der Waals surface area (Å²) in [6, 6.07) is 7.99. The number of ether oxygens (including phenoxy) is 2. The Hall–Kier alpha value is -2.43. The molecule has 0 fully saturated rings. The van der Waals surface area contributed by atoms with Gasteiger partial charge in [0, 0.05) is 12.7 Å². The first-order valence-electron chi connectivity index (χ1n) is 6.60. The van der Waals surface area contributed by atoms with Crippen molar-refractivity contribution in [1.29, 1.82) is 5.26 Å². The summed E-state index contributed by atoms with van der Waals surface area (Å²) in [5.41, 5.74) is 2.86. The van der Waals surface area contributed by atoms with Crippen molar-refractivity contribution < 1.29 is 9.47 Å². The van der Waals surface area contributed by atoms with E-state index in [2.05, 4.69) is 16.2 Å². The number of aromatic nitrogens is 3. The third-order valence-electron chi connectivity index (χ3n) is 3.23. The van der Waals surface area contributed by atoms with Crippen LogP contribution in [-0.2, 0) is 11.3 Å². The second-order valence-electron chi connectivity index (χ2n) is 4.75. The highest BCUT2D eigenvalue weighted by Gasteiger charge is 2.20. The molecule has 0 N–H and O–H groups in total. The summed E-state index contributed by atoms with van der Waals surface area (Å²) in [5, 5.41) is 14.7. The SMILES string of the molecule is COCc1nn2c(C#N)c(-c3cc(C)ccc3OC)nc2s1. The molecular formula is C15H14N4O2S. The minimum atomic E-state index is 0.400. The van der Waals surface area contributed by atoms with E-state index in [9.17, 15) is 5.26 Å². The number of hydrogen-bond donors (Lipinski definition) is 0. The number of nitrogens with zero attached hydrogens (tertiary/aromatic N) is 4. The van der Waals surface area contributed by atoms with Crippen LogP contribution >= 0.6 is 11.3 Å². The van der Waals surface area contributed by atoms with E-state index in [1.807, 2.05) is 25.1 Å². The van der Waals surface area contributed by atoms with E-state index in [1.165, 1.54) is 11.3 Å². The lowest BCUT2D eigenvalue weighted by atomic mass is 10.1. The molecule has 0 aliphatic carbocycles. The lowest BCUT2D eigenvalue weighted by Crippen LogP contribution is -1.95. The van der Waals surface area contributed by atoms with Crippen molar-refractivity contribution in [3.8, 4) is 23.1 Å². The van der Waals surface area contributed by atoms with Crippen molar-refractivity contribution in [2.24, 2.45) is 0 Å². The van der Waals surface area contributed by atoms with Gasteiger partial charge < -0.3 is 9.47 Å². The van der Waals surface area contributed by atoms with Gasteiger partial charge in [0.05, 0.1) is 13.7 Å². The van der Waals surface area contributed by atoms with Crippen molar-refractivity contribution in [2.45, 2.75) is 13.5 Å². The Morgan fingerprint density at radius 1 is 1.36 bits per heavy atom. The van der Waals surface area contributed by atoms with Crippen LogP contribution in [0.3, 0.4) is 0 Å². The molecule has 0 unspecified atom stereocenters. The van der Waals surface area contributed by atoms with Gasteiger partial charge in [0.15, 0.2) is 5.69 Å². The number of imidazole rings is 1. The van der Waals surface area contributed by atoms with Gasteiger partial charge in [-0.05, 0) is 19.1 Å². The Kier molecular flexibility index (Phi) is 3.79. The van der Waals surface area contributed by atoms with Gasteiger partial charge in [0.25, 0.3) is 0 Å². The summed E-state index contributed by atoms with van der Waals surface area (Å²) in [6.07, 6.45) is 0. The molecule has 0 bridgehead atoms. The van der Waals surface area contributed by atoms with Crippen molar-refractivity contribution in [3.05, 3.63) is 34.5 Å². The molecule has 0 spiro atoms. The van der Waals surface area contributed by atoms with E-state index in [0.717, 1.165) is 16.1 Å². The minimum absolute atomic E-state index is 0.400. The van der Waals surface area contributed by atoms with Crippen molar-refractivity contribution in [1.82, 2.24) is 14.6 Å². The average molecular weight is 314 g/mol. The van der Waals surface area contributed by atoms with Crippen LogP contribution in [0.2, 0.25) is 0 Å². The van der Waals surface area contributed by atoms with Gasteiger partial charge in [-0.15, -0.1) is 0 Å². The number of benzene rings is 1. The summed E-state index contributed by atoms with van der Waals surface area (Å²) >= 11 is 1.41. The fourth-order valence-corrected chi connectivity index (χ4v) is 3.13. The van der Waals surface area contributed by atoms with Gasteiger partial charge in [0.2, 0.25) is 4.96 Å². The molecule has 0 saturated carbocycles. The normalized spacial score (nSPS) is 10.8. The third kappa shape index (κ3) is 2.32. The molecule has 0 amide bonds. The number of hydrogen-bond acceptors (Lipinski definition) is 6. The Balaban J connectivity index is 2.21. The fraction of sp³-hybridized carbons (Fsp3) is 0.267. The zero-order valence-electron chi connectivity index (χ0n) is 12.5. The molecule has 0 atom stereocenters. The number of rotatable bonds is 4. The number of methoxy groups -OCH3 is 2. The second-order valence-corrected chi connectivity index (χ2v) is 5.79. The molecule has 1 aromatic carbocycles. The zero-order valence-corrected chi connectivity index (χ0v) is 13.3. The second kappa shape index (κ2) is 5.75. The van der Waals surface area contributed by atoms with Gasteiger partial charge in [-0.1, -0.05) is 23.0 Å². The number of nitriles is 1.